The zero-order chi connectivity index (χ0) is 9.26. The van der Waals surface area contributed by atoms with Crippen molar-refractivity contribution >= 4 is 27.3 Å². The van der Waals surface area contributed by atoms with Gasteiger partial charge in [0, 0.05) is 46.3 Å². The van der Waals surface area contributed by atoms with Crippen molar-refractivity contribution < 1.29 is 5.11 Å². The van der Waals surface area contributed by atoms with Crippen LogP contribution >= 0.6 is 27.3 Å². The monoisotopic (exact) mass is 261 g/mol. The van der Waals surface area contributed by atoms with Crippen molar-refractivity contribution in [2.45, 2.75) is 5.92 Å². The van der Waals surface area contributed by atoms with E-state index in [1.165, 1.54) is 4.88 Å². The smallest absolute Gasteiger partial charge is 0.0478 e. The number of aliphatic hydroxyl groups is 1. The molecule has 1 saturated heterocycles. The molecule has 0 spiro atoms. The van der Waals surface area contributed by atoms with Crippen molar-refractivity contribution in [1.82, 2.24) is 5.32 Å². The summed E-state index contributed by atoms with van der Waals surface area (Å²) in [5, 5.41) is 14.6. The minimum Gasteiger partial charge on any atom is -0.396 e. The summed E-state index contributed by atoms with van der Waals surface area (Å²) < 4.78 is 1.15. The fraction of sp³-hybridized carbons (Fsp3) is 0.556. The van der Waals surface area contributed by atoms with Gasteiger partial charge in [0.2, 0.25) is 0 Å². The molecule has 1 aliphatic heterocycles. The number of hydrogen-bond acceptors (Lipinski definition) is 3. The van der Waals surface area contributed by atoms with Gasteiger partial charge in [-0.3, -0.25) is 0 Å². The number of rotatable bonds is 2. The van der Waals surface area contributed by atoms with Crippen LogP contribution in [0.5, 0.6) is 0 Å². The maximum Gasteiger partial charge on any atom is 0.0478 e. The Morgan fingerprint density at radius 1 is 1.62 bits per heavy atom. The van der Waals surface area contributed by atoms with Crippen LogP contribution in [-0.2, 0) is 0 Å². The summed E-state index contributed by atoms with van der Waals surface area (Å²) >= 11 is 5.22. The molecule has 2 N–H and O–H groups in total. The van der Waals surface area contributed by atoms with Gasteiger partial charge in [0.05, 0.1) is 0 Å². The van der Waals surface area contributed by atoms with Gasteiger partial charge in [0.1, 0.15) is 0 Å². The van der Waals surface area contributed by atoms with Gasteiger partial charge >= 0.3 is 0 Å². The third kappa shape index (κ3) is 1.96. The molecule has 2 atom stereocenters. The first-order valence-electron chi connectivity index (χ1n) is 4.36. The van der Waals surface area contributed by atoms with Gasteiger partial charge in [-0.1, -0.05) is 0 Å². The van der Waals surface area contributed by atoms with Crippen molar-refractivity contribution in [2.75, 3.05) is 19.7 Å². The second kappa shape index (κ2) is 4.09. The van der Waals surface area contributed by atoms with Crippen molar-refractivity contribution in [3.63, 3.8) is 0 Å². The Morgan fingerprint density at radius 3 is 3.08 bits per heavy atom. The second-order valence-electron chi connectivity index (χ2n) is 3.37. The van der Waals surface area contributed by atoms with Crippen LogP contribution in [0.2, 0.25) is 0 Å². The lowest BCUT2D eigenvalue weighted by atomic mass is 9.95. The van der Waals surface area contributed by atoms with E-state index in [4.69, 9.17) is 5.11 Å². The fourth-order valence-corrected chi connectivity index (χ4v) is 3.42. The first kappa shape index (κ1) is 9.65. The van der Waals surface area contributed by atoms with E-state index in [0.29, 0.717) is 11.8 Å². The van der Waals surface area contributed by atoms with Gasteiger partial charge < -0.3 is 10.4 Å². The van der Waals surface area contributed by atoms with Gasteiger partial charge in [0.25, 0.3) is 0 Å². The van der Waals surface area contributed by atoms with E-state index in [-0.39, 0.29) is 6.61 Å². The molecule has 2 nitrogen and oxygen atoms in total. The molecule has 0 amide bonds. The highest BCUT2D eigenvalue weighted by Gasteiger charge is 2.28. The third-order valence-corrected chi connectivity index (χ3v) is 4.35. The molecule has 0 radical (unpaired) electrons. The summed E-state index contributed by atoms with van der Waals surface area (Å²) in [4.78, 5) is 1.37. The molecule has 72 valence electrons. The largest absolute Gasteiger partial charge is 0.396 e. The fourth-order valence-electron chi connectivity index (χ4n) is 1.78. The molecule has 0 aliphatic carbocycles. The van der Waals surface area contributed by atoms with Crippen LogP contribution in [0, 0.1) is 5.92 Å². The first-order chi connectivity index (χ1) is 6.31. The lowest BCUT2D eigenvalue weighted by Gasteiger charge is -2.13. The molecule has 2 heterocycles. The Labute approximate surface area is 90.1 Å². The van der Waals surface area contributed by atoms with E-state index in [1.54, 1.807) is 11.3 Å². The third-order valence-electron chi connectivity index (χ3n) is 2.53. The average molecular weight is 262 g/mol. The Balaban J connectivity index is 2.15. The Hall–Kier alpha value is 0.1000. The molecule has 0 saturated carbocycles. The van der Waals surface area contributed by atoms with E-state index in [2.05, 4.69) is 32.7 Å². The summed E-state index contributed by atoms with van der Waals surface area (Å²) in [5.74, 6) is 0.895. The maximum absolute atomic E-state index is 9.16. The van der Waals surface area contributed by atoms with Gasteiger partial charge in [-0.05, 0) is 22.0 Å². The van der Waals surface area contributed by atoms with Crippen molar-refractivity contribution in [3.8, 4) is 0 Å². The Kier molecular flexibility index (Phi) is 3.03. The van der Waals surface area contributed by atoms with Crippen molar-refractivity contribution in [2.24, 2.45) is 5.92 Å². The minimum atomic E-state index is 0.285. The average Bonchev–Trinajstić information content (AvgIpc) is 2.71. The summed E-state index contributed by atoms with van der Waals surface area (Å²) in [6.07, 6.45) is 0. The number of aliphatic hydroxyl groups excluding tert-OH is 1. The molecule has 2 unspecified atom stereocenters. The molecule has 13 heavy (non-hydrogen) atoms. The van der Waals surface area contributed by atoms with Gasteiger partial charge in [-0.15, -0.1) is 11.3 Å². The molecule has 1 aromatic rings. The first-order valence-corrected chi connectivity index (χ1v) is 6.04. The molecular weight excluding hydrogens is 250 g/mol. The number of halogens is 1. The maximum atomic E-state index is 9.16. The molecule has 0 bridgehead atoms. The van der Waals surface area contributed by atoms with Crippen LogP contribution in [0.25, 0.3) is 0 Å². The summed E-state index contributed by atoms with van der Waals surface area (Å²) in [6, 6.07) is 2.16. The Morgan fingerprint density at radius 2 is 2.46 bits per heavy atom. The number of nitrogens with one attached hydrogen (secondary N) is 1. The molecule has 0 aromatic carbocycles. The van der Waals surface area contributed by atoms with E-state index in [9.17, 15) is 0 Å². The van der Waals surface area contributed by atoms with Crippen molar-refractivity contribution in [1.29, 1.82) is 0 Å². The SMILES string of the molecule is OCC1CNCC1c1cc(Br)cs1. The Bertz CT molecular complexity index is 289. The highest BCUT2D eigenvalue weighted by Crippen LogP contribution is 2.33. The number of hydrogen-bond donors (Lipinski definition) is 2. The molecule has 2 rings (SSSR count). The summed E-state index contributed by atoms with van der Waals surface area (Å²) in [5.41, 5.74) is 0. The van der Waals surface area contributed by atoms with E-state index < -0.39 is 0 Å². The molecule has 1 aromatic heterocycles. The van der Waals surface area contributed by atoms with Gasteiger partial charge in [0.15, 0.2) is 0 Å². The predicted molar refractivity (Wildman–Crippen MR) is 58.2 cm³/mol. The van der Waals surface area contributed by atoms with Gasteiger partial charge in [-0.2, -0.15) is 0 Å². The van der Waals surface area contributed by atoms with E-state index in [0.717, 1.165) is 17.6 Å². The van der Waals surface area contributed by atoms with Crippen LogP contribution in [0.3, 0.4) is 0 Å². The molecule has 4 heteroatoms. The standard InChI is InChI=1S/C9H12BrNOS/c10-7-1-9(13-5-7)8-3-11-2-6(8)4-12/h1,5-6,8,11-12H,2-4H2. The van der Waals surface area contributed by atoms with Crippen LogP contribution in [0.15, 0.2) is 15.9 Å². The van der Waals surface area contributed by atoms with Crippen LogP contribution in [0.1, 0.15) is 10.8 Å². The molecular formula is C9H12BrNOS. The quantitative estimate of drug-likeness (QED) is 0.852. The van der Waals surface area contributed by atoms with Gasteiger partial charge in [-0.25, -0.2) is 0 Å². The van der Waals surface area contributed by atoms with E-state index in [1.807, 2.05) is 0 Å². The lowest BCUT2D eigenvalue weighted by Crippen LogP contribution is -2.14. The van der Waals surface area contributed by atoms with Crippen molar-refractivity contribution in [3.05, 3.63) is 20.8 Å². The highest BCUT2D eigenvalue weighted by molar-refractivity contribution is 9.10. The second-order valence-corrected chi connectivity index (χ2v) is 5.23. The summed E-state index contributed by atoms with van der Waals surface area (Å²) in [6.45, 7) is 2.22. The van der Waals surface area contributed by atoms with Crippen LogP contribution in [0.4, 0.5) is 0 Å². The number of thiophene rings is 1. The minimum absolute atomic E-state index is 0.285. The molecule has 1 aliphatic rings. The highest BCUT2D eigenvalue weighted by atomic mass is 79.9. The summed E-state index contributed by atoms with van der Waals surface area (Å²) in [7, 11) is 0. The van der Waals surface area contributed by atoms with E-state index >= 15 is 0 Å². The predicted octanol–water partition coefficient (Wildman–Crippen LogP) is 1.81. The normalized spacial score (nSPS) is 28.2. The van der Waals surface area contributed by atoms with Crippen LogP contribution in [-0.4, -0.2) is 24.8 Å². The van der Waals surface area contributed by atoms with Crippen LogP contribution < -0.4 is 5.32 Å². The zero-order valence-corrected chi connectivity index (χ0v) is 9.57. The molecule has 1 fully saturated rings. The lowest BCUT2D eigenvalue weighted by molar-refractivity contribution is 0.227. The topological polar surface area (TPSA) is 32.3 Å². The zero-order valence-electron chi connectivity index (χ0n) is 7.16.